The molecule has 3 saturated heterocycles. The van der Waals surface area contributed by atoms with E-state index in [2.05, 4.69) is 22.2 Å². The zero-order valence-corrected chi connectivity index (χ0v) is 12.0. The number of amides is 1. The summed E-state index contributed by atoms with van der Waals surface area (Å²) in [7, 11) is 2.12. The van der Waals surface area contributed by atoms with Crippen LogP contribution < -0.4 is 5.32 Å². The molecule has 3 rings (SSSR count). The molecular weight excluding hydrogens is 240 g/mol. The lowest BCUT2D eigenvalue weighted by atomic mass is 9.94. The van der Waals surface area contributed by atoms with Gasteiger partial charge in [-0.05, 0) is 32.4 Å². The number of carbonyl (C=O) groups excluding carboxylic acids is 1. The Morgan fingerprint density at radius 1 is 1.21 bits per heavy atom. The fourth-order valence-electron chi connectivity index (χ4n) is 3.61. The average Bonchev–Trinajstić information content (AvgIpc) is 2.81. The average molecular weight is 266 g/mol. The Bertz CT molecular complexity index is 313. The van der Waals surface area contributed by atoms with E-state index in [4.69, 9.17) is 0 Å². The van der Waals surface area contributed by atoms with Crippen LogP contribution in [0, 0.1) is 5.92 Å². The third-order valence-corrected chi connectivity index (χ3v) is 4.89. The normalized spacial score (nSPS) is 33.4. The Morgan fingerprint density at radius 3 is 2.74 bits per heavy atom. The van der Waals surface area contributed by atoms with Crippen LogP contribution in [0.3, 0.4) is 0 Å². The molecule has 1 N–H and O–H groups in total. The summed E-state index contributed by atoms with van der Waals surface area (Å²) in [6.45, 7) is 7.76. The molecule has 3 aliphatic heterocycles. The molecule has 0 bridgehead atoms. The van der Waals surface area contributed by atoms with Gasteiger partial charge in [0, 0.05) is 45.3 Å². The van der Waals surface area contributed by atoms with Gasteiger partial charge in [-0.3, -0.25) is 9.69 Å². The fraction of sp³-hybridized carbons (Fsp3) is 0.929. The highest BCUT2D eigenvalue weighted by Crippen LogP contribution is 2.24. The lowest BCUT2D eigenvalue weighted by molar-refractivity contribution is -0.133. The molecule has 3 aliphatic rings. The summed E-state index contributed by atoms with van der Waals surface area (Å²) < 4.78 is 0. The Hall–Kier alpha value is -0.650. The zero-order valence-electron chi connectivity index (χ0n) is 12.0. The molecule has 0 aliphatic carbocycles. The number of hydrogen-bond acceptors (Lipinski definition) is 4. The number of hydrogen-bond donors (Lipinski definition) is 1. The monoisotopic (exact) mass is 266 g/mol. The third-order valence-electron chi connectivity index (χ3n) is 4.89. The van der Waals surface area contributed by atoms with E-state index in [1.807, 2.05) is 4.90 Å². The molecule has 0 saturated carbocycles. The molecular formula is C14H26N4O. The van der Waals surface area contributed by atoms with Crippen LogP contribution in [0.15, 0.2) is 0 Å². The van der Waals surface area contributed by atoms with Crippen molar-refractivity contribution in [3.05, 3.63) is 0 Å². The lowest BCUT2D eigenvalue weighted by Gasteiger charge is -2.33. The second kappa shape index (κ2) is 5.77. The van der Waals surface area contributed by atoms with Crippen molar-refractivity contribution < 1.29 is 4.79 Å². The van der Waals surface area contributed by atoms with Crippen LogP contribution in [0.2, 0.25) is 0 Å². The Morgan fingerprint density at radius 2 is 2.00 bits per heavy atom. The van der Waals surface area contributed by atoms with Gasteiger partial charge in [-0.15, -0.1) is 0 Å². The van der Waals surface area contributed by atoms with Crippen LogP contribution in [0.5, 0.6) is 0 Å². The van der Waals surface area contributed by atoms with E-state index in [1.54, 1.807) is 0 Å². The van der Waals surface area contributed by atoms with Crippen LogP contribution in [0.25, 0.3) is 0 Å². The van der Waals surface area contributed by atoms with Gasteiger partial charge < -0.3 is 15.1 Å². The van der Waals surface area contributed by atoms with Gasteiger partial charge in [0.1, 0.15) is 0 Å². The lowest BCUT2D eigenvalue weighted by Crippen LogP contribution is -2.50. The molecule has 0 aromatic heterocycles. The summed E-state index contributed by atoms with van der Waals surface area (Å²) in [4.78, 5) is 19.0. The van der Waals surface area contributed by atoms with Crippen molar-refractivity contribution >= 4 is 5.91 Å². The van der Waals surface area contributed by atoms with Crippen molar-refractivity contribution in [2.45, 2.75) is 18.9 Å². The predicted octanol–water partition coefficient (Wildman–Crippen LogP) is -0.556. The highest BCUT2D eigenvalue weighted by atomic mass is 16.2. The molecule has 2 atom stereocenters. The van der Waals surface area contributed by atoms with Gasteiger partial charge in [0.2, 0.25) is 5.91 Å². The van der Waals surface area contributed by atoms with E-state index in [0.29, 0.717) is 18.5 Å². The SMILES string of the molecule is CN1CCN(C(=O)CN2C[C@@H]3CCCN[C@@H]3C2)CC1. The highest BCUT2D eigenvalue weighted by molar-refractivity contribution is 5.78. The van der Waals surface area contributed by atoms with Gasteiger partial charge in [-0.2, -0.15) is 0 Å². The smallest absolute Gasteiger partial charge is 0.236 e. The Balaban J connectivity index is 1.47. The van der Waals surface area contributed by atoms with Crippen molar-refractivity contribution in [1.29, 1.82) is 0 Å². The number of piperidine rings is 1. The molecule has 0 aromatic carbocycles. The first-order valence-corrected chi connectivity index (χ1v) is 7.64. The molecule has 5 nitrogen and oxygen atoms in total. The first kappa shape index (κ1) is 13.3. The summed E-state index contributed by atoms with van der Waals surface area (Å²) in [5.41, 5.74) is 0. The number of likely N-dealkylation sites (N-methyl/N-ethyl adjacent to an activating group) is 1. The van der Waals surface area contributed by atoms with Gasteiger partial charge >= 0.3 is 0 Å². The number of nitrogens with one attached hydrogen (secondary N) is 1. The second-order valence-corrected chi connectivity index (χ2v) is 6.34. The highest BCUT2D eigenvalue weighted by Gasteiger charge is 2.35. The fourth-order valence-corrected chi connectivity index (χ4v) is 3.61. The van der Waals surface area contributed by atoms with E-state index in [9.17, 15) is 4.79 Å². The van der Waals surface area contributed by atoms with Crippen molar-refractivity contribution in [2.75, 3.05) is 59.4 Å². The summed E-state index contributed by atoms with van der Waals surface area (Å²) >= 11 is 0. The molecule has 108 valence electrons. The molecule has 0 unspecified atom stereocenters. The summed E-state index contributed by atoms with van der Waals surface area (Å²) in [5, 5.41) is 3.60. The van der Waals surface area contributed by atoms with E-state index in [-0.39, 0.29) is 0 Å². The quantitative estimate of drug-likeness (QED) is 0.727. The van der Waals surface area contributed by atoms with E-state index >= 15 is 0 Å². The van der Waals surface area contributed by atoms with Crippen LogP contribution >= 0.6 is 0 Å². The number of rotatable bonds is 2. The van der Waals surface area contributed by atoms with Gasteiger partial charge in [0.05, 0.1) is 6.54 Å². The number of piperazine rings is 1. The largest absolute Gasteiger partial charge is 0.339 e. The molecule has 0 radical (unpaired) electrons. The van der Waals surface area contributed by atoms with Gasteiger partial charge in [0.15, 0.2) is 0 Å². The Labute approximate surface area is 115 Å². The van der Waals surface area contributed by atoms with Crippen LogP contribution in [-0.2, 0) is 4.79 Å². The van der Waals surface area contributed by atoms with Crippen molar-refractivity contribution in [2.24, 2.45) is 5.92 Å². The van der Waals surface area contributed by atoms with E-state index in [0.717, 1.165) is 51.7 Å². The van der Waals surface area contributed by atoms with Crippen molar-refractivity contribution in [1.82, 2.24) is 20.0 Å². The third kappa shape index (κ3) is 3.09. The summed E-state index contributed by atoms with van der Waals surface area (Å²) in [5.74, 6) is 1.10. The maximum atomic E-state index is 12.3. The number of fused-ring (bicyclic) bond motifs is 1. The standard InChI is InChI=1S/C14H26N4O/c1-16-5-7-18(8-6-16)14(19)11-17-9-12-3-2-4-15-13(12)10-17/h12-13,15H,2-11H2,1H3/t12-,13+/m0/s1. The maximum absolute atomic E-state index is 12.3. The number of nitrogens with zero attached hydrogens (tertiary/aromatic N) is 3. The minimum atomic E-state index is 0.326. The number of likely N-dealkylation sites (tertiary alicyclic amines) is 1. The second-order valence-electron chi connectivity index (χ2n) is 6.34. The van der Waals surface area contributed by atoms with Gasteiger partial charge in [0.25, 0.3) is 0 Å². The van der Waals surface area contributed by atoms with Crippen molar-refractivity contribution in [3.8, 4) is 0 Å². The summed E-state index contributed by atoms with van der Waals surface area (Å²) in [6.07, 6.45) is 2.62. The summed E-state index contributed by atoms with van der Waals surface area (Å²) in [6, 6.07) is 0.633. The molecule has 1 amide bonds. The van der Waals surface area contributed by atoms with E-state index in [1.165, 1.54) is 12.8 Å². The van der Waals surface area contributed by atoms with Gasteiger partial charge in [-0.1, -0.05) is 0 Å². The first-order valence-electron chi connectivity index (χ1n) is 7.64. The Kier molecular flexibility index (Phi) is 4.05. The first-order chi connectivity index (χ1) is 9.22. The van der Waals surface area contributed by atoms with Crippen LogP contribution in [0.4, 0.5) is 0 Å². The minimum absolute atomic E-state index is 0.326. The van der Waals surface area contributed by atoms with Crippen LogP contribution in [-0.4, -0.2) is 86.1 Å². The predicted molar refractivity (Wildman–Crippen MR) is 75.0 cm³/mol. The molecule has 0 spiro atoms. The molecule has 19 heavy (non-hydrogen) atoms. The molecule has 0 aromatic rings. The van der Waals surface area contributed by atoms with Crippen LogP contribution in [0.1, 0.15) is 12.8 Å². The van der Waals surface area contributed by atoms with Crippen molar-refractivity contribution in [3.63, 3.8) is 0 Å². The zero-order chi connectivity index (χ0) is 13.2. The minimum Gasteiger partial charge on any atom is -0.339 e. The van der Waals surface area contributed by atoms with E-state index < -0.39 is 0 Å². The molecule has 3 heterocycles. The number of carbonyl (C=O) groups is 1. The van der Waals surface area contributed by atoms with Gasteiger partial charge in [-0.25, -0.2) is 0 Å². The maximum Gasteiger partial charge on any atom is 0.236 e. The molecule has 3 fully saturated rings. The topological polar surface area (TPSA) is 38.8 Å². The molecule has 5 heteroatoms.